The van der Waals surface area contributed by atoms with Gasteiger partial charge >= 0.3 is 0 Å². The van der Waals surface area contributed by atoms with Crippen molar-refractivity contribution in [1.29, 1.82) is 0 Å². The van der Waals surface area contributed by atoms with Gasteiger partial charge in [0.25, 0.3) is 0 Å². The molecule has 108 valence electrons. The molecule has 1 saturated heterocycles. The topological polar surface area (TPSA) is 15.3 Å². The molecule has 1 aliphatic carbocycles. The molecule has 1 aliphatic heterocycles. The number of nitrogens with one attached hydrogen (secondary N) is 1. The summed E-state index contributed by atoms with van der Waals surface area (Å²) in [5, 5.41) is 3.37. The molecular formula is C19H22N2. The molecule has 1 heterocycles. The summed E-state index contributed by atoms with van der Waals surface area (Å²) in [4.78, 5) is 2.71. The number of fused-ring (bicyclic) bond motifs is 3. The fourth-order valence-electron chi connectivity index (χ4n) is 4.14. The van der Waals surface area contributed by atoms with Crippen molar-refractivity contribution in [3.63, 3.8) is 0 Å². The molecule has 2 aliphatic rings. The fraction of sp³-hybridized carbons (Fsp3) is 0.368. The molecule has 0 amide bonds. The van der Waals surface area contributed by atoms with Gasteiger partial charge in [0.05, 0.1) is 6.04 Å². The maximum Gasteiger partial charge on any atom is 0.0616 e. The average molecular weight is 278 g/mol. The molecule has 4 rings (SSSR count). The molecular weight excluding hydrogens is 256 g/mol. The van der Waals surface area contributed by atoms with Gasteiger partial charge in [-0.15, -0.1) is 0 Å². The van der Waals surface area contributed by atoms with E-state index in [9.17, 15) is 0 Å². The van der Waals surface area contributed by atoms with Crippen LogP contribution in [0.5, 0.6) is 0 Å². The minimum absolute atomic E-state index is 0.443. The number of likely N-dealkylation sites (tertiary alicyclic amines) is 1. The molecule has 2 aromatic carbocycles. The van der Waals surface area contributed by atoms with Crippen LogP contribution >= 0.6 is 0 Å². The van der Waals surface area contributed by atoms with Gasteiger partial charge in [-0.1, -0.05) is 48.5 Å². The molecule has 21 heavy (non-hydrogen) atoms. The first kappa shape index (κ1) is 13.1. The van der Waals surface area contributed by atoms with Crippen molar-refractivity contribution in [3.8, 4) is 11.1 Å². The number of hydrogen-bond donors (Lipinski definition) is 1. The van der Waals surface area contributed by atoms with E-state index in [2.05, 4.69) is 65.8 Å². The number of nitrogens with zero attached hydrogens (tertiary/aromatic N) is 1. The highest BCUT2D eigenvalue weighted by Crippen LogP contribution is 2.47. The summed E-state index contributed by atoms with van der Waals surface area (Å²) >= 11 is 0. The van der Waals surface area contributed by atoms with E-state index in [1.54, 1.807) is 0 Å². The van der Waals surface area contributed by atoms with Gasteiger partial charge in [0, 0.05) is 12.6 Å². The fourth-order valence-corrected chi connectivity index (χ4v) is 4.14. The highest BCUT2D eigenvalue weighted by Gasteiger charge is 2.37. The van der Waals surface area contributed by atoms with E-state index in [-0.39, 0.29) is 0 Å². The molecule has 0 bridgehead atoms. The van der Waals surface area contributed by atoms with Crippen molar-refractivity contribution in [1.82, 2.24) is 10.2 Å². The van der Waals surface area contributed by atoms with Crippen LogP contribution in [0.1, 0.15) is 30.0 Å². The Morgan fingerprint density at radius 3 is 2.24 bits per heavy atom. The molecule has 0 aromatic heterocycles. The Hall–Kier alpha value is -1.64. The summed E-state index contributed by atoms with van der Waals surface area (Å²) in [6, 6.07) is 19.0. The van der Waals surface area contributed by atoms with Crippen molar-refractivity contribution in [2.75, 3.05) is 20.1 Å². The lowest BCUT2D eigenvalue weighted by Crippen LogP contribution is -2.39. The monoisotopic (exact) mass is 278 g/mol. The highest BCUT2D eigenvalue weighted by atomic mass is 15.2. The lowest BCUT2D eigenvalue weighted by molar-refractivity contribution is 0.208. The first-order valence-corrected chi connectivity index (χ1v) is 7.98. The summed E-state index contributed by atoms with van der Waals surface area (Å²) in [5.74, 6) is 0. The standard InChI is InChI=1S/C19H22N2/c1-20-13-14-7-6-12-21(14)19-17-10-4-2-8-15(17)16-9-3-5-11-18(16)19/h2-5,8-11,14,19-20H,6-7,12-13H2,1H3. The Bertz CT molecular complexity index is 604. The third-order valence-electron chi connectivity index (χ3n) is 4.99. The Balaban J connectivity index is 1.81. The third-order valence-corrected chi connectivity index (χ3v) is 4.99. The Labute approximate surface area is 126 Å². The van der Waals surface area contributed by atoms with Gasteiger partial charge in [0.1, 0.15) is 0 Å². The van der Waals surface area contributed by atoms with Gasteiger partial charge in [-0.25, -0.2) is 0 Å². The molecule has 0 spiro atoms. The molecule has 0 saturated carbocycles. The van der Waals surface area contributed by atoms with Gasteiger partial charge in [-0.2, -0.15) is 0 Å². The average Bonchev–Trinajstić information content (AvgIpc) is 3.10. The largest absolute Gasteiger partial charge is 0.318 e. The number of hydrogen-bond acceptors (Lipinski definition) is 2. The van der Waals surface area contributed by atoms with Crippen molar-refractivity contribution < 1.29 is 0 Å². The quantitative estimate of drug-likeness (QED) is 0.925. The van der Waals surface area contributed by atoms with Gasteiger partial charge in [0.15, 0.2) is 0 Å². The predicted octanol–water partition coefficient (Wildman–Crippen LogP) is 3.44. The van der Waals surface area contributed by atoms with Crippen LogP contribution in [0.25, 0.3) is 11.1 Å². The molecule has 2 nitrogen and oxygen atoms in total. The zero-order chi connectivity index (χ0) is 14.2. The van der Waals surface area contributed by atoms with Crippen LogP contribution in [0, 0.1) is 0 Å². The van der Waals surface area contributed by atoms with Crippen LogP contribution in [-0.2, 0) is 0 Å². The number of benzene rings is 2. The summed E-state index contributed by atoms with van der Waals surface area (Å²) in [6.07, 6.45) is 2.62. The predicted molar refractivity (Wildman–Crippen MR) is 87.4 cm³/mol. The molecule has 0 radical (unpaired) electrons. The van der Waals surface area contributed by atoms with E-state index < -0.39 is 0 Å². The van der Waals surface area contributed by atoms with Crippen LogP contribution in [-0.4, -0.2) is 31.1 Å². The van der Waals surface area contributed by atoms with Crippen LogP contribution < -0.4 is 5.32 Å². The van der Waals surface area contributed by atoms with Crippen molar-refractivity contribution in [2.24, 2.45) is 0 Å². The minimum atomic E-state index is 0.443. The minimum Gasteiger partial charge on any atom is -0.318 e. The van der Waals surface area contributed by atoms with Crippen molar-refractivity contribution in [3.05, 3.63) is 59.7 Å². The van der Waals surface area contributed by atoms with Gasteiger partial charge in [-0.3, -0.25) is 4.90 Å². The maximum atomic E-state index is 3.37. The Morgan fingerprint density at radius 1 is 1.00 bits per heavy atom. The summed E-state index contributed by atoms with van der Waals surface area (Å²) in [5.41, 5.74) is 5.82. The molecule has 1 fully saturated rings. The van der Waals surface area contributed by atoms with Crippen LogP contribution in [0.2, 0.25) is 0 Å². The van der Waals surface area contributed by atoms with Gasteiger partial charge in [0.2, 0.25) is 0 Å². The van der Waals surface area contributed by atoms with E-state index in [4.69, 9.17) is 0 Å². The molecule has 2 aromatic rings. The van der Waals surface area contributed by atoms with Crippen LogP contribution in [0.3, 0.4) is 0 Å². The van der Waals surface area contributed by atoms with Crippen LogP contribution in [0.15, 0.2) is 48.5 Å². The number of rotatable bonds is 3. The zero-order valence-electron chi connectivity index (χ0n) is 12.5. The molecule has 1 N–H and O–H groups in total. The Kier molecular flexibility index (Phi) is 3.28. The van der Waals surface area contributed by atoms with Crippen molar-refractivity contribution in [2.45, 2.75) is 24.9 Å². The van der Waals surface area contributed by atoms with E-state index in [1.807, 2.05) is 0 Å². The number of likely N-dealkylation sites (N-methyl/N-ethyl adjacent to an activating group) is 1. The van der Waals surface area contributed by atoms with Crippen LogP contribution in [0.4, 0.5) is 0 Å². The SMILES string of the molecule is CNCC1CCCN1C1c2ccccc2-c2ccccc21. The maximum absolute atomic E-state index is 3.37. The molecule has 1 atom stereocenters. The van der Waals surface area contributed by atoms with Gasteiger partial charge in [-0.05, 0) is 48.7 Å². The van der Waals surface area contributed by atoms with E-state index >= 15 is 0 Å². The second-order valence-corrected chi connectivity index (χ2v) is 6.17. The second-order valence-electron chi connectivity index (χ2n) is 6.17. The first-order valence-electron chi connectivity index (χ1n) is 7.98. The van der Waals surface area contributed by atoms with Gasteiger partial charge < -0.3 is 5.32 Å². The van der Waals surface area contributed by atoms with E-state index in [0.717, 1.165) is 6.54 Å². The summed E-state index contributed by atoms with van der Waals surface area (Å²) in [7, 11) is 2.06. The zero-order valence-corrected chi connectivity index (χ0v) is 12.5. The lowest BCUT2D eigenvalue weighted by atomic mass is 10.0. The lowest BCUT2D eigenvalue weighted by Gasteiger charge is -2.32. The summed E-state index contributed by atoms with van der Waals surface area (Å²) < 4.78 is 0. The summed E-state index contributed by atoms with van der Waals surface area (Å²) in [6.45, 7) is 2.29. The third kappa shape index (κ3) is 2.02. The normalized spacial score (nSPS) is 21.5. The van der Waals surface area contributed by atoms with E-state index in [0.29, 0.717) is 12.1 Å². The Morgan fingerprint density at radius 2 is 1.62 bits per heavy atom. The second kappa shape index (κ2) is 5.28. The van der Waals surface area contributed by atoms with E-state index in [1.165, 1.54) is 41.6 Å². The van der Waals surface area contributed by atoms with Crippen molar-refractivity contribution >= 4 is 0 Å². The smallest absolute Gasteiger partial charge is 0.0616 e. The highest BCUT2D eigenvalue weighted by molar-refractivity contribution is 5.78. The molecule has 1 unspecified atom stereocenters. The first-order chi connectivity index (χ1) is 10.4. The molecule has 2 heteroatoms.